The van der Waals surface area contributed by atoms with Gasteiger partial charge in [0.2, 0.25) is 5.91 Å². The normalized spacial score (nSPS) is 16.5. The largest absolute Gasteiger partial charge is 0.497 e. The standard InChI is InChI=1S/C19H24N4O3.ClH/c1-22-11-10-21-19(22)16-13-20-9-12-23(16)18(25)8-7-17(24)14-3-5-15(26-2)6-4-14;/h3-6,10-11,16,20H,7-9,12-13H2,1-2H3;1H. The van der Waals surface area contributed by atoms with Crippen LogP contribution in [0.4, 0.5) is 0 Å². The highest BCUT2D eigenvalue weighted by Gasteiger charge is 2.30. The Kier molecular flexibility index (Phi) is 7.38. The Morgan fingerprint density at radius 1 is 1.26 bits per heavy atom. The fraction of sp³-hybridized carbons (Fsp3) is 0.421. The Balaban J connectivity index is 0.00000261. The predicted molar refractivity (Wildman–Crippen MR) is 104 cm³/mol. The lowest BCUT2D eigenvalue weighted by Gasteiger charge is -2.35. The molecular weight excluding hydrogens is 368 g/mol. The van der Waals surface area contributed by atoms with Crippen LogP contribution < -0.4 is 10.1 Å². The van der Waals surface area contributed by atoms with Crippen molar-refractivity contribution in [3.63, 3.8) is 0 Å². The average molecular weight is 393 g/mol. The number of Topliss-reactive ketones (excluding diaryl/α,β-unsaturated/α-hetero) is 1. The molecule has 1 amide bonds. The van der Waals surface area contributed by atoms with Crippen molar-refractivity contribution >= 4 is 24.1 Å². The lowest BCUT2D eigenvalue weighted by atomic mass is 10.0. The Labute approximate surface area is 165 Å². The fourth-order valence-electron chi connectivity index (χ4n) is 3.22. The van der Waals surface area contributed by atoms with Crippen LogP contribution in [0.2, 0.25) is 0 Å². The molecule has 1 atom stereocenters. The van der Waals surface area contributed by atoms with Gasteiger partial charge in [-0.1, -0.05) is 0 Å². The summed E-state index contributed by atoms with van der Waals surface area (Å²) in [7, 11) is 3.51. The van der Waals surface area contributed by atoms with E-state index in [2.05, 4.69) is 10.3 Å². The molecule has 7 nitrogen and oxygen atoms in total. The molecule has 1 saturated heterocycles. The number of benzene rings is 1. The van der Waals surface area contributed by atoms with Crippen LogP contribution in [0, 0.1) is 0 Å². The van der Waals surface area contributed by atoms with Crippen molar-refractivity contribution in [1.29, 1.82) is 0 Å². The zero-order valence-corrected chi connectivity index (χ0v) is 16.4. The van der Waals surface area contributed by atoms with Gasteiger partial charge in [-0.25, -0.2) is 4.98 Å². The van der Waals surface area contributed by atoms with Crippen molar-refractivity contribution in [1.82, 2.24) is 19.8 Å². The number of ketones is 1. The van der Waals surface area contributed by atoms with Gasteiger partial charge in [0, 0.05) is 57.5 Å². The number of aromatic nitrogens is 2. The summed E-state index contributed by atoms with van der Waals surface area (Å²) in [5.41, 5.74) is 0.597. The van der Waals surface area contributed by atoms with Crippen molar-refractivity contribution < 1.29 is 14.3 Å². The first-order chi connectivity index (χ1) is 12.6. The van der Waals surface area contributed by atoms with E-state index in [0.717, 1.165) is 12.4 Å². The molecule has 1 aliphatic heterocycles. The monoisotopic (exact) mass is 392 g/mol. The van der Waals surface area contributed by atoms with Gasteiger partial charge in [-0.2, -0.15) is 0 Å². The maximum absolute atomic E-state index is 12.7. The molecule has 0 spiro atoms. The first-order valence-electron chi connectivity index (χ1n) is 8.75. The van der Waals surface area contributed by atoms with Gasteiger partial charge in [-0.05, 0) is 24.3 Å². The minimum Gasteiger partial charge on any atom is -0.497 e. The molecule has 1 aromatic carbocycles. The van der Waals surface area contributed by atoms with Crippen LogP contribution in [0.15, 0.2) is 36.7 Å². The summed E-state index contributed by atoms with van der Waals surface area (Å²) in [5, 5.41) is 3.31. The first kappa shape index (κ1) is 20.9. The van der Waals surface area contributed by atoms with Crippen LogP contribution in [-0.4, -0.2) is 52.9 Å². The van der Waals surface area contributed by atoms with Crippen LogP contribution in [0.3, 0.4) is 0 Å². The second-order valence-corrected chi connectivity index (χ2v) is 6.36. The number of carbonyl (C=O) groups excluding carboxylic acids is 2. The van der Waals surface area contributed by atoms with E-state index in [4.69, 9.17) is 4.74 Å². The number of carbonyl (C=O) groups is 2. The minimum atomic E-state index is -0.104. The quantitative estimate of drug-likeness (QED) is 0.761. The van der Waals surface area contributed by atoms with E-state index in [1.54, 1.807) is 37.6 Å². The molecule has 1 unspecified atom stereocenters. The number of nitrogens with one attached hydrogen (secondary N) is 1. The molecule has 1 aromatic heterocycles. The molecule has 0 radical (unpaired) electrons. The molecule has 1 fully saturated rings. The lowest BCUT2D eigenvalue weighted by molar-refractivity contribution is -0.134. The Hall–Kier alpha value is -2.38. The molecule has 0 aliphatic carbocycles. The van der Waals surface area contributed by atoms with Gasteiger partial charge < -0.3 is 19.5 Å². The van der Waals surface area contributed by atoms with E-state index in [1.807, 2.05) is 22.7 Å². The molecule has 3 rings (SSSR count). The molecule has 0 bridgehead atoms. The van der Waals surface area contributed by atoms with Crippen LogP contribution in [0.25, 0.3) is 0 Å². The number of hydrogen-bond acceptors (Lipinski definition) is 5. The van der Waals surface area contributed by atoms with Crippen LogP contribution in [0.5, 0.6) is 5.75 Å². The number of ether oxygens (including phenoxy) is 1. The third kappa shape index (κ3) is 4.87. The maximum Gasteiger partial charge on any atom is 0.223 e. The summed E-state index contributed by atoms with van der Waals surface area (Å²) in [6, 6.07) is 6.86. The predicted octanol–water partition coefficient (Wildman–Crippen LogP) is 1.99. The van der Waals surface area contributed by atoms with Crippen LogP contribution in [-0.2, 0) is 11.8 Å². The topological polar surface area (TPSA) is 76.5 Å². The number of hydrogen-bond donors (Lipinski definition) is 1. The highest BCUT2D eigenvalue weighted by Crippen LogP contribution is 2.22. The van der Waals surface area contributed by atoms with Gasteiger partial charge in [0.1, 0.15) is 17.6 Å². The molecule has 0 saturated carbocycles. The Bertz CT molecular complexity index is 776. The summed E-state index contributed by atoms with van der Waals surface area (Å²) in [4.78, 5) is 31.3. The average Bonchev–Trinajstić information content (AvgIpc) is 3.11. The number of nitrogens with zero attached hydrogens (tertiary/aromatic N) is 3. The highest BCUT2D eigenvalue weighted by atomic mass is 35.5. The smallest absolute Gasteiger partial charge is 0.223 e. The summed E-state index contributed by atoms with van der Waals surface area (Å²) in [6.45, 7) is 2.04. The second kappa shape index (κ2) is 9.53. The van der Waals surface area contributed by atoms with Crippen molar-refractivity contribution in [2.24, 2.45) is 7.05 Å². The first-order valence-corrected chi connectivity index (χ1v) is 8.75. The molecule has 8 heteroatoms. The van der Waals surface area contributed by atoms with Crippen molar-refractivity contribution in [3.8, 4) is 5.75 Å². The van der Waals surface area contributed by atoms with Gasteiger partial charge in [-0.3, -0.25) is 9.59 Å². The van der Waals surface area contributed by atoms with Gasteiger partial charge >= 0.3 is 0 Å². The molecule has 1 aliphatic rings. The second-order valence-electron chi connectivity index (χ2n) is 6.36. The fourth-order valence-corrected chi connectivity index (χ4v) is 3.22. The number of methoxy groups -OCH3 is 1. The van der Waals surface area contributed by atoms with Crippen LogP contribution in [0.1, 0.15) is 35.1 Å². The summed E-state index contributed by atoms with van der Waals surface area (Å²) in [5.74, 6) is 1.51. The third-order valence-corrected chi connectivity index (χ3v) is 4.70. The number of amides is 1. The summed E-state index contributed by atoms with van der Waals surface area (Å²) < 4.78 is 7.03. The number of piperazine rings is 1. The molecule has 2 aromatic rings. The molecular formula is C19H25ClN4O3. The number of rotatable bonds is 6. The van der Waals surface area contributed by atoms with Gasteiger partial charge in [0.15, 0.2) is 5.78 Å². The van der Waals surface area contributed by atoms with E-state index in [-0.39, 0.29) is 43.0 Å². The number of imidazole rings is 1. The van der Waals surface area contributed by atoms with E-state index in [9.17, 15) is 9.59 Å². The Morgan fingerprint density at radius 3 is 2.63 bits per heavy atom. The van der Waals surface area contributed by atoms with E-state index in [0.29, 0.717) is 24.4 Å². The van der Waals surface area contributed by atoms with Gasteiger partial charge in [0.25, 0.3) is 0 Å². The van der Waals surface area contributed by atoms with Crippen LogP contribution >= 0.6 is 12.4 Å². The summed E-state index contributed by atoms with van der Waals surface area (Å²) >= 11 is 0. The van der Waals surface area contributed by atoms with E-state index in [1.165, 1.54) is 0 Å². The van der Waals surface area contributed by atoms with Crippen molar-refractivity contribution in [3.05, 3.63) is 48.0 Å². The van der Waals surface area contributed by atoms with Crippen molar-refractivity contribution in [2.45, 2.75) is 18.9 Å². The molecule has 2 heterocycles. The summed E-state index contributed by atoms with van der Waals surface area (Å²) in [6.07, 6.45) is 4.01. The minimum absolute atomic E-state index is 0. The number of aryl methyl sites for hydroxylation is 1. The molecule has 1 N–H and O–H groups in total. The lowest BCUT2D eigenvalue weighted by Crippen LogP contribution is -2.49. The van der Waals surface area contributed by atoms with Gasteiger partial charge in [-0.15, -0.1) is 12.4 Å². The SMILES string of the molecule is COc1ccc(C(=O)CCC(=O)N2CCNCC2c2nccn2C)cc1.Cl. The molecule has 27 heavy (non-hydrogen) atoms. The third-order valence-electron chi connectivity index (χ3n) is 4.70. The van der Waals surface area contributed by atoms with E-state index >= 15 is 0 Å². The number of halogens is 1. The van der Waals surface area contributed by atoms with Gasteiger partial charge in [0.05, 0.1) is 7.11 Å². The van der Waals surface area contributed by atoms with E-state index < -0.39 is 0 Å². The Morgan fingerprint density at radius 2 is 2.00 bits per heavy atom. The molecule has 146 valence electrons. The zero-order valence-electron chi connectivity index (χ0n) is 15.6. The highest BCUT2D eigenvalue weighted by molar-refractivity contribution is 5.98. The maximum atomic E-state index is 12.7. The van der Waals surface area contributed by atoms with Crippen molar-refractivity contribution in [2.75, 3.05) is 26.7 Å². The zero-order chi connectivity index (χ0) is 18.5.